The second kappa shape index (κ2) is 3.44. The zero-order valence-corrected chi connectivity index (χ0v) is 8.66. The highest BCUT2D eigenvalue weighted by Gasteiger charge is 2.07. The van der Waals surface area contributed by atoms with Gasteiger partial charge in [-0.3, -0.25) is 9.78 Å². The Morgan fingerprint density at radius 2 is 2.00 bits per heavy atom. The molecule has 84 valence electrons. The molecule has 0 aliphatic carbocycles. The highest BCUT2D eigenvalue weighted by atomic mass is 16.3. The zero-order chi connectivity index (χ0) is 11.8. The summed E-state index contributed by atoms with van der Waals surface area (Å²) >= 11 is 0. The lowest BCUT2D eigenvalue weighted by Gasteiger charge is -1.95. The van der Waals surface area contributed by atoms with Gasteiger partial charge in [0.15, 0.2) is 0 Å². The topological polar surface area (TPSA) is 83.3 Å². The Morgan fingerprint density at radius 3 is 2.76 bits per heavy atom. The molecule has 0 aliphatic heterocycles. The number of aromatic hydroxyl groups is 1. The standard InChI is InChI=1S/C11H8N4O2/c16-10-6-11(17)15-9(13-10)5-8(14-15)7-1-3-12-4-2-7/h1-6,17H,(H,13,16). The smallest absolute Gasteiger partial charge is 0.254 e. The average molecular weight is 228 g/mol. The summed E-state index contributed by atoms with van der Waals surface area (Å²) in [4.78, 5) is 17.7. The number of hydrogen-bond donors (Lipinski definition) is 2. The second-order valence-corrected chi connectivity index (χ2v) is 3.55. The number of aromatic nitrogens is 4. The van der Waals surface area contributed by atoms with Crippen LogP contribution in [0.1, 0.15) is 0 Å². The monoisotopic (exact) mass is 228 g/mol. The van der Waals surface area contributed by atoms with Gasteiger partial charge < -0.3 is 10.1 Å². The van der Waals surface area contributed by atoms with E-state index in [1.807, 2.05) is 0 Å². The molecule has 0 bridgehead atoms. The van der Waals surface area contributed by atoms with Gasteiger partial charge in [-0.2, -0.15) is 9.61 Å². The third-order valence-electron chi connectivity index (χ3n) is 2.41. The molecule has 0 fully saturated rings. The maximum absolute atomic E-state index is 11.2. The van der Waals surface area contributed by atoms with E-state index >= 15 is 0 Å². The number of hydrogen-bond acceptors (Lipinski definition) is 4. The van der Waals surface area contributed by atoms with Gasteiger partial charge in [-0.1, -0.05) is 0 Å². The molecule has 6 nitrogen and oxygen atoms in total. The van der Waals surface area contributed by atoms with Crippen molar-refractivity contribution in [3.05, 3.63) is 47.0 Å². The van der Waals surface area contributed by atoms with Gasteiger partial charge in [0.2, 0.25) is 5.88 Å². The lowest BCUT2D eigenvalue weighted by Crippen LogP contribution is -2.06. The molecular formula is C11H8N4O2. The molecule has 0 spiro atoms. The Labute approximate surface area is 95.2 Å². The number of H-pyrrole nitrogens is 1. The minimum Gasteiger partial charge on any atom is -0.493 e. The summed E-state index contributed by atoms with van der Waals surface area (Å²) in [5, 5.41) is 13.8. The van der Waals surface area contributed by atoms with Crippen LogP contribution in [-0.2, 0) is 0 Å². The van der Waals surface area contributed by atoms with E-state index in [0.717, 1.165) is 11.6 Å². The number of pyridine rings is 1. The fraction of sp³-hybridized carbons (Fsp3) is 0. The van der Waals surface area contributed by atoms with Gasteiger partial charge in [0.1, 0.15) is 5.65 Å². The maximum Gasteiger partial charge on any atom is 0.254 e. The van der Waals surface area contributed by atoms with E-state index < -0.39 is 0 Å². The fourth-order valence-electron chi connectivity index (χ4n) is 1.65. The molecule has 3 aromatic heterocycles. The number of aromatic amines is 1. The number of rotatable bonds is 1. The van der Waals surface area contributed by atoms with Gasteiger partial charge in [0.25, 0.3) is 5.56 Å². The SMILES string of the molecule is O=c1cc(O)n2nc(-c3ccncc3)cc2[nH]1. The van der Waals surface area contributed by atoms with E-state index in [4.69, 9.17) is 0 Å². The van der Waals surface area contributed by atoms with E-state index in [0.29, 0.717) is 11.3 Å². The van der Waals surface area contributed by atoms with Crippen molar-refractivity contribution in [3.8, 4) is 17.1 Å². The highest BCUT2D eigenvalue weighted by Crippen LogP contribution is 2.19. The molecule has 0 atom stereocenters. The van der Waals surface area contributed by atoms with Crippen molar-refractivity contribution in [2.45, 2.75) is 0 Å². The van der Waals surface area contributed by atoms with Crippen molar-refractivity contribution in [2.24, 2.45) is 0 Å². The van der Waals surface area contributed by atoms with Crippen molar-refractivity contribution in [3.63, 3.8) is 0 Å². The Morgan fingerprint density at radius 1 is 1.24 bits per heavy atom. The molecule has 17 heavy (non-hydrogen) atoms. The van der Waals surface area contributed by atoms with Crippen molar-refractivity contribution < 1.29 is 5.11 Å². The average Bonchev–Trinajstić information content (AvgIpc) is 2.74. The van der Waals surface area contributed by atoms with Crippen molar-refractivity contribution in [2.75, 3.05) is 0 Å². The van der Waals surface area contributed by atoms with Gasteiger partial charge in [-0.15, -0.1) is 0 Å². The molecule has 3 aromatic rings. The van der Waals surface area contributed by atoms with Gasteiger partial charge in [-0.25, -0.2) is 0 Å². The molecule has 0 amide bonds. The largest absolute Gasteiger partial charge is 0.493 e. The van der Waals surface area contributed by atoms with Gasteiger partial charge in [0, 0.05) is 24.0 Å². The van der Waals surface area contributed by atoms with E-state index in [-0.39, 0.29) is 11.4 Å². The normalized spacial score (nSPS) is 10.8. The van der Waals surface area contributed by atoms with Crippen molar-refractivity contribution in [1.82, 2.24) is 19.6 Å². The van der Waals surface area contributed by atoms with E-state index in [2.05, 4.69) is 15.1 Å². The molecule has 0 saturated heterocycles. The Kier molecular flexibility index (Phi) is 1.94. The lowest BCUT2D eigenvalue weighted by molar-refractivity contribution is 0.434. The Bertz CT molecular complexity index is 730. The zero-order valence-electron chi connectivity index (χ0n) is 8.66. The minimum absolute atomic E-state index is 0.191. The van der Waals surface area contributed by atoms with Gasteiger partial charge in [0.05, 0.1) is 11.8 Å². The Hall–Kier alpha value is -2.63. The first-order chi connectivity index (χ1) is 8.24. The van der Waals surface area contributed by atoms with Crippen LogP contribution in [-0.4, -0.2) is 24.7 Å². The predicted octanol–water partition coefficient (Wildman–Crippen LogP) is 0.790. The highest BCUT2D eigenvalue weighted by molar-refractivity contribution is 5.63. The summed E-state index contributed by atoms with van der Waals surface area (Å²) < 4.78 is 1.27. The number of fused-ring (bicyclic) bond motifs is 1. The summed E-state index contributed by atoms with van der Waals surface area (Å²) in [6.07, 6.45) is 3.31. The van der Waals surface area contributed by atoms with Crippen LogP contribution in [0.2, 0.25) is 0 Å². The number of nitrogens with one attached hydrogen (secondary N) is 1. The fourth-order valence-corrected chi connectivity index (χ4v) is 1.65. The van der Waals surface area contributed by atoms with Crippen LogP contribution in [0.25, 0.3) is 16.9 Å². The summed E-state index contributed by atoms with van der Waals surface area (Å²) in [5.74, 6) is -0.191. The molecule has 0 aliphatic rings. The summed E-state index contributed by atoms with van der Waals surface area (Å²) in [6.45, 7) is 0. The molecular weight excluding hydrogens is 220 g/mol. The predicted molar refractivity (Wildman–Crippen MR) is 60.7 cm³/mol. The van der Waals surface area contributed by atoms with Crippen LogP contribution in [0.5, 0.6) is 5.88 Å². The molecule has 2 N–H and O–H groups in total. The van der Waals surface area contributed by atoms with Crippen molar-refractivity contribution in [1.29, 1.82) is 0 Å². The quantitative estimate of drug-likeness (QED) is 0.645. The van der Waals surface area contributed by atoms with E-state index in [1.165, 1.54) is 4.52 Å². The number of nitrogens with zero attached hydrogens (tertiary/aromatic N) is 3. The molecule has 3 rings (SSSR count). The van der Waals surface area contributed by atoms with E-state index in [1.54, 1.807) is 30.6 Å². The van der Waals surface area contributed by atoms with Gasteiger partial charge >= 0.3 is 0 Å². The molecule has 0 radical (unpaired) electrons. The third-order valence-corrected chi connectivity index (χ3v) is 2.41. The van der Waals surface area contributed by atoms with Gasteiger partial charge in [-0.05, 0) is 12.1 Å². The first-order valence-electron chi connectivity index (χ1n) is 4.96. The van der Waals surface area contributed by atoms with Crippen LogP contribution >= 0.6 is 0 Å². The molecule has 0 unspecified atom stereocenters. The molecule has 0 saturated carbocycles. The van der Waals surface area contributed by atoms with Crippen LogP contribution in [0.3, 0.4) is 0 Å². The maximum atomic E-state index is 11.2. The second-order valence-electron chi connectivity index (χ2n) is 3.55. The molecule has 6 heteroatoms. The first kappa shape index (κ1) is 9.59. The first-order valence-corrected chi connectivity index (χ1v) is 4.96. The Balaban J connectivity index is 2.27. The van der Waals surface area contributed by atoms with Crippen LogP contribution < -0.4 is 5.56 Å². The van der Waals surface area contributed by atoms with Crippen LogP contribution in [0.4, 0.5) is 0 Å². The lowest BCUT2D eigenvalue weighted by atomic mass is 10.2. The minimum atomic E-state index is -0.365. The van der Waals surface area contributed by atoms with E-state index in [9.17, 15) is 9.90 Å². The van der Waals surface area contributed by atoms with Crippen LogP contribution in [0.15, 0.2) is 41.5 Å². The third kappa shape index (κ3) is 1.55. The molecule has 3 heterocycles. The summed E-state index contributed by atoms with van der Waals surface area (Å²) in [5.41, 5.74) is 1.60. The molecule has 0 aromatic carbocycles. The van der Waals surface area contributed by atoms with Crippen LogP contribution in [0, 0.1) is 0 Å². The summed E-state index contributed by atoms with van der Waals surface area (Å²) in [6, 6.07) is 6.38. The summed E-state index contributed by atoms with van der Waals surface area (Å²) in [7, 11) is 0. The van der Waals surface area contributed by atoms with Crippen molar-refractivity contribution >= 4 is 5.65 Å².